The predicted molar refractivity (Wildman–Crippen MR) is 74.3 cm³/mol. The van der Waals surface area contributed by atoms with Crippen molar-refractivity contribution in [1.82, 2.24) is 10.3 Å². The largest absolute Gasteiger partial charge is 0.481 e. The lowest BCUT2D eigenvalue weighted by molar-refractivity contribution is -0.137. The van der Waals surface area contributed by atoms with Crippen LogP contribution in [-0.2, 0) is 16.0 Å². The molecule has 0 aliphatic rings. The molecule has 5 nitrogen and oxygen atoms in total. The molecule has 1 heterocycles. The quantitative estimate of drug-likeness (QED) is 0.681. The van der Waals surface area contributed by atoms with Gasteiger partial charge in [-0.15, -0.1) is 11.3 Å². The number of rotatable bonds is 9. The van der Waals surface area contributed by atoms with E-state index in [2.05, 4.69) is 10.3 Å². The molecular weight excluding hydrogens is 264 g/mol. The number of aliphatic carboxylic acids is 1. The Morgan fingerprint density at radius 1 is 1.32 bits per heavy atom. The maximum Gasteiger partial charge on any atom is 0.303 e. The van der Waals surface area contributed by atoms with E-state index in [1.807, 2.05) is 12.3 Å². The number of carboxylic acids is 1. The van der Waals surface area contributed by atoms with Crippen molar-refractivity contribution in [1.29, 1.82) is 0 Å². The number of nitrogens with zero attached hydrogens (tertiary/aromatic N) is 1. The molecule has 0 spiro atoms. The summed E-state index contributed by atoms with van der Waals surface area (Å²) < 4.78 is 0. The van der Waals surface area contributed by atoms with Gasteiger partial charge in [-0.05, 0) is 32.6 Å². The number of amides is 1. The lowest BCUT2D eigenvalue weighted by Crippen LogP contribution is -2.24. The highest BCUT2D eigenvalue weighted by Crippen LogP contribution is 2.10. The highest BCUT2D eigenvalue weighted by molar-refractivity contribution is 7.09. The van der Waals surface area contributed by atoms with E-state index in [9.17, 15) is 9.59 Å². The summed E-state index contributed by atoms with van der Waals surface area (Å²) >= 11 is 1.63. The van der Waals surface area contributed by atoms with E-state index in [1.165, 1.54) is 0 Å². The Bertz CT molecular complexity index is 418. The minimum atomic E-state index is -0.787. The van der Waals surface area contributed by atoms with Crippen LogP contribution in [-0.4, -0.2) is 28.5 Å². The van der Waals surface area contributed by atoms with Crippen molar-refractivity contribution >= 4 is 23.2 Å². The molecule has 1 aromatic heterocycles. The molecule has 0 atom stereocenters. The molecule has 0 aromatic carbocycles. The van der Waals surface area contributed by atoms with Crippen molar-refractivity contribution in [3.63, 3.8) is 0 Å². The second kappa shape index (κ2) is 8.63. The summed E-state index contributed by atoms with van der Waals surface area (Å²) in [5.74, 6) is -0.757. The topological polar surface area (TPSA) is 79.3 Å². The first-order chi connectivity index (χ1) is 9.08. The summed E-state index contributed by atoms with van der Waals surface area (Å²) in [6, 6.07) is 0. The SMILES string of the molecule is Cc1nc(CCCC(=O)NCCCCC(=O)O)cs1. The summed E-state index contributed by atoms with van der Waals surface area (Å²) in [7, 11) is 0. The first-order valence-corrected chi connectivity index (χ1v) is 7.35. The molecule has 0 unspecified atom stereocenters. The number of thiazole rings is 1. The molecule has 0 aliphatic heterocycles. The van der Waals surface area contributed by atoms with Gasteiger partial charge in [0.25, 0.3) is 0 Å². The van der Waals surface area contributed by atoms with E-state index >= 15 is 0 Å². The molecule has 0 bridgehead atoms. The zero-order valence-corrected chi connectivity index (χ0v) is 12.0. The van der Waals surface area contributed by atoms with Gasteiger partial charge in [-0.2, -0.15) is 0 Å². The van der Waals surface area contributed by atoms with Crippen molar-refractivity contribution in [2.45, 2.75) is 45.4 Å². The molecule has 19 heavy (non-hydrogen) atoms. The molecule has 0 saturated carbocycles. The molecule has 0 saturated heterocycles. The van der Waals surface area contributed by atoms with Crippen LogP contribution in [0.25, 0.3) is 0 Å². The van der Waals surface area contributed by atoms with E-state index in [0.717, 1.165) is 23.5 Å². The summed E-state index contributed by atoms with van der Waals surface area (Å²) in [6.45, 7) is 2.53. The normalized spacial score (nSPS) is 10.4. The highest BCUT2D eigenvalue weighted by atomic mass is 32.1. The fraction of sp³-hybridized carbons (Fsp3) is 0.615. The van der Waals surface area contributed by atoms with Crippen molar-refractivity contribution < 1.29 is 14.7 Å². The van der Waals surface area contributed by atoms with E-state index in [0.29, 0.717) is 25.8 Å². The van der Waals surface area contributed by atoms with Gasteiger partial charge in [0.15, 0.2) is 0 Å². The number of carboxylic acid groups (broad SMARTS) is 1. The van der Waals surface area contributed by atoms with Gasteiger partial charge in [-0.1, -0.05) is 0 Å². The van der Waals surface area contributed by atoms with Crippen LogP contribution in [0.2, 0.25) is 0 Å². The second-order valence-corrected chi connectivity index (χ2v) is 5.47. The van der Waals surface area contributed by atoms with Gasteiger partial charge >= 0.3 is 5.97 Å². The Kier molecular flexibility index (Phi) is 7.10. The highest BCUT2D eigenvalue weighted by Gasteiger charge is 2.03. The third-order valence-corrected chi connectivity index (χ3v) is 3.47. The Balaban J connectivity index is 2.00. The van der Waals surface area contributed by atoms with Crippen molar-refractivity contribution in [2.24, 2.45) is 0 Å². The molecule has 0 aliphatic carbocycles. The molecule has 106 valence electrons. The average molecular weight is 284 g/mol. The van der Waals surface area contributed by atoms with Crippen LogP contribution in [0.1, 0.15) is 42.8 Å². The van der Waals surface area contributed by atoms with Crippen LogP contribution in [0.5, 0.6) is 0 Å². The number of aryl methyl sites for hydroxylation is 2. The molecule has 1 rings (SSSR count). The Hall–Kier alpha value is -1.43. The van der Waals surface area contributed by atoms with Crippen LogP contribution in [0.4, 0.5) is 0 Å². The van der Waals surface area contributed by atoms with E-state index < -0.39 is 5.97 Å². The van der Waals surface area contributed by atoms with Gasteiger partial charge in [0.05, 0.1) is 10.7 Å². The monoisotopic (exact) mass is 284 g/mol. The van der Waals surface area contributed by atoms with Crippen LogP contribution in [0.15, 0.2) is 5.38 Å². The van der Waals surface area contributed by atoms with Crippen molar-refractivity contribution in [3.05, 3.63) is 16.1 Å². The summed E-state index contributed by atoms with van der Waals surface area (Å²) in [5.41, 5.74) is 1.05. The van der Waals surface area contributed by atoms with Crippen molar-refractivity contribution in [3.8, 4) is 0 Å². The Labute approximate surface area is 117 Å². The first kappa shape index (κ1) is 15.6. The van der Waals surface area contributed by atoms with E-state index in [-0.39, 0.29) is 12.3 Å². The lowest BCUT2D eigenvalue weighted by atomic mass is 10.2. The zero-order valence-electron chi connectivity index (χ0n) is 11.1. The Morgan fingerprint density at radius 3 is 2.74 bits per heavy atom. The number of unbranched alkanes of at least 4 members (excludes halogenated alkanes) is 1. The molecule has 2 N–H and O–H groups in total. The summed E-state index contributed by atoms with van der Waals surface area (Å²) in [6.07, 6.45) is 3.60. The third-order valence-electron chi connectivity index (χ3n) is 2.64. The fourth-order valence-corrected chi connectivity index (χ4v) is 2.32. The van der Waals surface area contributed by atoms with Gasteiger partial charge in [-0.25, -0.2) is 4.98 Å². The number of nitrogens with one attached hydrogen (secondary N) is 1. The fourth-order valence-electron chi connectivity index (χ4n) is 1.67. The minimum Gasteiger partial charge on any atom is -0.481 e. The average Bonchev–Trinajstić information content (AvgIpc) is 2.74. The van der Waals surface area contributed by atoms with Crippen LogP contribution in [0, 0.1) is 6.92 Å². The van der Waals surface area contributed by atoms with Crippen LogP contribution < -0.4 is 5.32 Å². The molecule has 1 amide bonds. The maximum atomic E-state index is 11.5. The molecular formula is C13H20N2O3S. The van der Waals surface area contributed by atoms with Crippen molar-refractivity contribution in [2.75, 3.05) is 6.54 Å². The molecule has 0 fully saturated rings. The summed E-state index contributed by atoms with van der Waals surface area (Å²) in [4.78, 5) is 26.1. The molecule has 6 heteroatoms. The third kappa shape index (κ3) is 7.56. The van der Waals surface area contributed by atoms with Gasteiger partial charge < -0.3 is 10.4 Å². The van der Waals surface area contributed by atoms with Crippen LogP contribution >= 0.6 is 11.3 Å². The first-order valence-electron chi connectivity index (χ1n) is 6.47. The predicted octanol–water partition coefficient (Wildman–Crippen LogP) is 2.15. The second-order valence-electron chi connectivity index (χ2n) is 4.41. The van der Waals surface area contributed by atoms with Crippen LogP contribution in [0.3, 0.4) is 0 Å². The number of hydrogen-bond donors (Lipinski definition) is 2. The van der Waals surface area contributed by atoms with E-state index in [4.69, 9.17) is 5.11 Å². The van der Waals surface area contributed by atoms with Gasteiger partial charge in [-0.3, -0.25) is 9.59 Å². The number of carbonyl (C=O) groups is 2. The van der Waals surface area contributed by atoms with Gasteiger partial charge in [0.1, 0.15) is 0 Å². The van der Waals surface area contributed by atoms with E-state index in [1.54, 1.807) is 11.3 Å². The number of carbonyl (C=O) groups excluding carboxylic acids is 1. The number of aromatic nitrogens is 1. The number of hydrogen-bond acceptors (Lipinski definition) is 4. The maximum absolute atomic E-state index is 11.5. The smallest absolute Gasteiger partial charge is 0.303 e. The summed E-state index contributed by atoms with van der Waals surface area (Å²) in [5, 5.41) is 14.3. The molecule has 1 aromatic rings. The van der Waals surface area contributed by atoms with Gasteiger partial charge in [0.2, 0.25) is 5.91 Å². The minimum absolute atomic E-state index is 0.0299. The Morgan fingerprint density at radius 2 is 2.11 bits per heavy atom. The van der Waals surface area contributed by atoms with Gasteiger partial charge in [0, 0.05) is 24.8 Å². The molecule has 0 radical (unpaired) electrons. The lowest BCUT2D eigenvalue weighted by Gasteiger charge is -2.03. The standard InChI is InChI=1S/C13H20N2O3S/c1-10-15-11(9-19-10)5-4-6-12(16)14-8-3-2-7-13(17)18/h9H,2-8H2,1H3,(H,14,16)(H,17,18). The zero-order chi connectivity index (χ0) is 14.1.